The van der Waals surface area contributed by atoms with Crippen LogP contribution in [0, 0.1) is 12.8 Å². The van der Waals surface area contributed by atoms with Crippen LogP contribution in [-0.4, -0.2) is 33.0 Å². The van der Waals surface area contributed by atoms with Crippen LogP contribution < -0.4 is 9.62 Å². The van der Waals surface area contributed by atoms with Crippen LogP contribution in [0.15, 0.2) is 42.6 Å². The van der Waals surface area contributed by atoms with Gasteiger partial charge in [-0.3, -0.25) is 4.98 Å². The lowest BCUT2D eigenvalue weighted by molar-refractivity contribution is -0.137. The summed E-state index contributed by atoms with van der Waals surface area (Å²) in [5.74, 6) is -0.100. The zero-order chi connectivity index (χ0) is 21.1. The van der Waals surface area contributed by atoms with E-state index in [1.165, 1.54) is 12.1 Å². The summed E-state index contributed by atoms with van der Waals surface area (Å²) in [6.07, 6.45) is -0.917. The summed E-state index contributed by atoms with van der Waals surface area (Å²) in [7, 11) is -3.61. The molecule has 9 heteroatoms. The molecule has 2 heterocycles. The van der Waals surface area contributed by atoms with Crippen LogP contribution in [0.25, 0.3) is 0 Å². The molecule has 1 aromatic carbocycles. The number of aryl methyl sites for hydroxylation is 1. The third kappa shape index (κ3) is 6.17. The smallest absolute Gasteiger partial charge is 0.371 e. The van der Waals surface area contributed by atoms with Crippen LogP contribution in [0.1, 0.15) is 29.7 Å². The Labute approximate surface area is 169 Å². The highest BCUT2D eigenvalue weighted by molar-refractivity contribution is 7.88. The highest BCUT2D eigenvalue weighted by Gasteiger charge is 2.30. The largest absolute Gasteiger partial charge is 0.416 e. The molecule has 5 nitrogen and oxygen atoms in total. The number of anilines is 1. The number of benzene rings is 1. The van der Waals surface area contributed by atoms with Crippen molar-refractivity contribution in [2.24, 2.45) is 5.92 Å². The topological polar surface area (TPSA) is 62.3 Å². The minimum Gasteiger partial charge on any atom is -0.371 e. The Morgan fingerprint density at radius 2 is 1.79 bits per heavy atom. The average Bonchev–Trinajstić information content (AvgIpc) is 2.66. The normalized spacial score (nSPS) is 16.2. The highest BCUT2D eigenvalue weighted by Crippen LogP contribution is 2.29. The maximum atomic E-state index is 12.6. The zero-order valence-corrected chi connectivity index (χ0v) is 16.9. The first-order valence-electron chi connectivity index (χ1n) is 9.43. The van der Waals surface area contributed by atoms with Crippen LogP contribution in [0.5, 0.6) is 0 Å². The number of sulfonamides is 1. The van der Waals surface area contributed by atoms with Gasteiger partial charge in [0.05, 0.1) is 11.3 Å². The maximum absolute atomic E-state index is 12.6. The molecule has 0 aliphatic carbocycles. The van der Waals surface area contributed by atoms with E-state index in [2.05, 4.69) is 14.6 Å². The number of nitrogens with zero attached hydrogens (tertiary/aromatic N) is 2. The van der Waals surface area contributed by atoms with Crippen molar-refractivity contribution < 1.29 is 21.6 Å². The first-order valence-corrected chi connectivity index (χ1v) is 11.1. The summed E-state index contributed by atoms with van der Waals surface area (Å²) >= 11 is 0. The van der Waals surface area contributed by atoms with Gasteiger partial charge < -0.3 is 4.90 Å². The van der Waals surface area contributed by atoms with Gasteiger partial charge in [-0.05, 0) is 55.5 Å². The molecule has 0 radical (unpaired) electrons. The minimum atomic E-state index is -4.43. The number of aromatic nitrogens is 1. The molecule has 0 atom stereocenters. The molecule has 158 valence electrons. The Hall–Kier alpha value is -2.13. The molecule has 1 fully saturated rings. The van der Waals surface area contributed by atoms with Gasteiger partial charge in [0, 0.05) is 37.2 Å². The second-order valence-corrected chi connectivity index (χ2v) is 9.19. The Balaban J connectivity index is 1.48. The van der Waals surface area contributed by atoms with Crippen molar-refractivity contribution >= 4 is 15.7 Å². The van der Waals surface area contributed by atoms with Crippen molar-refractivity contribution in [3.8, 4) is 0 Å². The van der Waals surface area contributed by atoms with E-state index in [-0.39, 0.29) is 11.7 Å². The minimum absolute atomic E-state index is 0.233. The van der Waals surface area contributed by atoms with Crippen LogP contribution in [0.2, 0.25) is 0 Å². The summed E-state index contributed by atoms with van der Waals surface area (Å²) < 4.78 is 65.0. The molecule has 0 spiro atoms. The summed E-state index contributed by atoms with van der Waals surface area (Å²) in [5, 5.41) is 0. The molecule has 0 bridgehead atoms. The lowest BCUT2D eigenvalue weighted by Gasteiger charge is -2.33. The molecular weight excluding hydrogens is 403 g/mol. The Morgan fingerprint density at radius 3 is 2.38 bits per heavy atom. The predicted molar refractivity (Wildman–Crippen MR) is 106 cm³/mol. The molecular formula is C20H24F3N3O2S. The van der Waals surface area contributed by atoms with E-state index in [4.69, 9.17) is 0 Å². The van der Waals surface area contributed by atoms with Gasteiger partial charge in [-0.2, -0.15) is 13.2 Å². The van der Waals surface area contributed by atoms with E-state index in [1.54, 1.807) is 6.20 Å². The van der Waals surface area contributed by atoms with Gasteiger partial charge in [0.2, 0.25) is 10.0 Å². The lowest BCUT2D eigenvalue weighted by atomic mass is 9.97. The fourth-order valence-corrected chi connectivity index (χ4v) is 4.65. The van der Waals surface area contributed by atoms with E-state index in [0.29, 0.717) is 12.1 Å². The van der Waals surface area contributed by atoms with Crippen LogP contribution in [-0.2, 0) is 22.0 Å². The Bertz CT molecular complexity index is 923. The van der Waals surface area contributed by atoms with Crippen molar-refractivity contribution in [3.05, 3.63) is 59.4 Å². The number of alkyl halides is 3. The first kappa shape index (κ1) is 21.6. The highest BCUT2D eigenvalue weighted by atomic mass is 32.2. The lowest BCUT2D eigenvalue weighted by Crippen LogP contribution is -2.39. The number of pyridine rings is 1. The van der Waals surface area contributed by atoms with Gasteiger partial charge in [0.1, 0.15) is 0 Å². The number of hydrogen-bond acceptors (Lipinski definition) is 4. The quantitative estimate of drug-likeness (QED) is 0.763. The van der Waals surface area contributed by atoms with Gasteiger partial charge in [0.25, 0.3) is 0 Å². The standard InChI is InChI=1S/C20H24F3N3O2S/c1-15-12-19(6-9-24-15)26-10-7-16(8-11-26)13-25-29(27,28)14-17-2-4-18(5-3-17)20(21,22)23/h2-6,9,12,16,25H,7-8,10-11,13-14H2,1H3. The average molecular weight is 427 g/mol. The number of hydrogen-bond donors (Lipinski definition) is 1. The zero-order valence-electron chi connectivity index (χ0n) is 16.1. The van der Waals surface area contributed by atoms with Crippen molar-refractivity contribution in [3.63, 3.8) is 0 Å². The molecule has 2 aromatic rings. The molecule has 1 aliphatic rings. The van der Waals surface area contributed by atoms with E-state index < -0.39 is 21.8 Å². The fourth-order valence-electron chi connectivity index (χ4n) is 3.43. The Kier molecular flexibility index (Phi) is 6.48. The van der Waals surface area contributed by atoms with Crippen molar-refractivity contribution in [2.45, 2.75) is 31.7 Å². The molecule has 0 saturated carbocycles. The monoisotopic (exact) mass is 427 g/mol. The van der Waals surface area contributed by atoms with Gasteiger partial charge in [-0.1, -0.05) is 12.1 Å². The molecule has 29 heavy (non-hydrogen) atoms. The Morgan fingerprint density at radius 1 is 1.14 bits per heavy atom. The molecule has 1 aromatic heterocycles. The summed E-state index contributed by atoms with van der Waals surface area (Å²) in [5.41, 5.74) is 1.62. The van der Waals surface area contributed by atoms with Gasteiger partial charge in [0.15, 0.2) is 0 Å². The molecule has 1 saturated heterocycles. The molecule has 0 amide bonds. The summed E-state index contributed by atoms with van der Waals surface area (Å²) in [6, 6.07) is 8.23. The van der Waals surface area contributed by atoms with Crippen molar-refractivity contribution in [2.75, 3.05) is 24.5 Å². The van der Waals surface area contributed by atoms with Gasteiger partial charge >= 0.3 is 6.18 Å². The molecule has 3 rings (SSSR count). The van der Waals surface area contributed by atoms with Crippen molar-refractivity contribution in [1.82, 2.24) is 9.71 Å². The summed E-state index contributed by atoms with van der Waals surface area (Å²) in [4.78, 5) is 6.46. The van der Waals surface area contributed by atoms with Gasteiger partial charge in [-0.15, -0.1) is 0 Å². The first-order chi connectivity index (χ1) is 13.6. The van der Waals surface area contributed by atoms with E-state index in [0.717, 1.165) is 49.4 Å². The fraction of sp³-hybridized carbons (Fsp3) is 0.450. The van der Waals surface area contributed by atoms with Crippen LogP contribution in [0.3, 0.4) is 0 Å². The molecule has 1 N–H and O–H groups in total. The second-order valence-electron chi connectivity index (χ2n) is 7.39. The van der Waals surface area contributed by atoms with E-state index in [1.807, 2.05) is 19.1 Å². The number of piperidine rings is 1. The van der Waals surface area contributed by atoms with Gasteiger partial charge in [-0.25, -0.2) is 13.1 Å². The number of rotatable bonds is 6. The SMILES string of the molecule is Cc1cc(N2CCC(CNS(=O)(=O)Cc3ccc(C(F)(F)F)cc3)CC2)ccn1. The van der Waals surface area contributed by atoms with Crippen molar-refractivity contribution in [1.29, 1.82) is 0 Å². The number of halogens is 3. The third-order valence-corrected chi connectivity index (χ3v) is 6.41. The van der Waals surface area contributed by atoms with Crippen LogP contribution >= 0.6 is 0 Å². The predicted octanol–water partition coefficient (Wildman–Crippen LogP) is 3.74. The van der Waals surface area contributed by atoms with Crippen LogP contribution in [0.4, 0.5) is 18.9 Å². The molecule has 1 aliphatic heterocycles. The maximum Gasteiger partial charge on any atom is 0.416 e. The van der Waals surface area contributed by atoms with E-state index in [9.17, 15) is 21.6 Å². The second kappa shape index (κ2) is 8.71. The molecule has 0 unspecified atom stereocenters. The third-order valence-electron chi connectivity index (χ3n) is 5.09. The summed E-state index contributed by atoms with van der Waals surface area (Å²) in [6.45, 7) is 3.97. The number of nitrogens with one attached hydrogen (secondary N) is 1. The van der Waals surface area contributed by atoms with E-state index >= 15 is 0 Å².